The van der Waals surface area contributed by atoms with E-state index in [0.29, 0.717) is 13.2 Å². The molecule has 0 fully saturated rings. The summed E-state index contributed by atoms with van der Waals surface area (Å²) in [7, 11) is 1.53. The normalized spacial score (nSPS) is 12.0. The molecule has 122 valence electrons. The second-order valence-electron chi connectivity index (χ2n) is 5.36. The predicted octanol–water partition coefficient (Wildman–Crippen LogP) is 1.63. The summed E-state index contributed by atoms with van der Waals surface area (Å²) in [6.45, 7) is 6.60. The van der Waals surface area contributed by atoms with Gasteiger partial charge in [-0.3, -0.25) is 9.59 Å². The number of hydrogen-bond donors (Lipinski definition) is 3. The van der Waals surface area contributed by atoms with Crippen LogP contribution >= 0.6 is 0 Å². The number of aliphatic carboxylic acids is 1. The summed E-state index contributed by atoms with van der Waals surface area (Å²) in [5.74, 6) is -1.38. The van der Waals surface area contributed by atoms with Gasteiger partial charge in [-0.15, -0.1) is 0 Å². The van der Waals surface area contributed by atoms with Gasteiger partial charge in [0.1, 0.15) is 6.04 Å². The van der Waals surface area contributed by atoms with Crippen molar-refractivity contribution in [2.24, 2.45) is 0 Å². The van der Waals surface area contributed by atoms with Gasteiger partial charge in [0.2, 0.25) is 5.91 Å². The SMILES string of the molecule is COCCNC(CC(=O)Nc1c(C)cc(C)cc1C)C(=O)O. The number of hydrogen-bond acceptors (Lipinski definition) is 4. The molecule has 0 aliphatic carbocycles. The number of rotatable bonds is 8. The largest absolute Gasteiger partial charge is 0.480 e. The zero-order valence-electron chi connectivity index (χ0n) is 13.5. The van der Waals surface area contributed by atoms with Crippen molar-refractivity contribution in [2.45, 2.75) is 33.2 Å². The number of carboxylic acids is 1. The van der Waals surface area contributed by atoms with Crippen LogP contribution in [0.2, 0.25) is 0 Å². The number of methoxy groups -OCH3 is 1. The lowest BCUT2D eigenvalue weighted by atomic mass is 10.0. The summed E-state index contributed by atoms with van der Waals surface area (Å²) in [5, 5.41) is 14.7. The van der Waals surface area contributed by atoms with Crippen LogP contribution in [0, 0.1) is 20.8 Å². The van der Waals surface area contributed by atoms with Crippen LogP contribution in [0.15, 0.2) is 12.1 Å². The Labute approximate surface area is 130 Å². The first-order chi connectivity index (χ1) is 10.3. The molecule has 6 nitrogen and oxygen atoms in total. The molecule has 0 spiro atoms. The third kappa shape index (κ3) is 5.46. The molecule has 1 amide bonds. The molecule has 0 saturated heterocycles. The fraction of sp³-hybridized carbons (Fsp3) is 0.500. The molecule has 22 heavy (non-hydrogen) atoms. The highest BCUT2D eigenvalue weighted by molar-refractivity contribution is 5.95. The Morgan fingerprint density at radius 1 is 1.23 bits per heavy atom. The highest BCUT2D eigenvalue weighted by atomic mass is 16.5. The maximum absolute atomic E-state index is 12.1. The van der Waals surface area contributed by atoms with Crippen LogP contribution in [-0.4, -0.2) is 43.3 Å². The van der Waals surface area contributed by atoms with E-state index in [2.05, 4.69) is 10.6 Å². The molecule has 1 aromatic rings. The van der Waals surface area contributed by atoms with Gasteiger partial charge < -0.3 is 20.5 Å². The van der Waals surface area contributed by atoms with Crippen LogP contribution in [0.3, 0.4) is 0 Å². The van der Waals surface area contributed by atoms with E-state index >= 15 is 0 Å². The lowest BCUT2D eigenvalue weighted by Crippen LogP contribution is -2.41. The Morgan fingerprint density at radius 2 is 1.82 bits per heavy atom. The first-order valence-electron chi connectivity index (χ1n) is 7.18. The number of carbonyl (C=O) groups excluding carboxylic acids is 1. The Morgan fingerprint density at radius 3 is 2.32 bits per heavy atom. The average molecular weight is 308 g/mol. The van der Waals surface area contributed by atoms with Gasteiger partial charge in [0, 0.05) is 19.3 Å². The lowest BCUT2D eigenvalue weighted by molar-refractivity contribution is -0.141. The molecule has 0 saturated carbocycles. The van der Waals surface area contributed by atoms with Crippen molar-refractivity contribution in [3.8, 4) is 0 Å². The number of aryl methyl sites for hydroxylation is 3. The summed E-state index contributed by atoms with van der Waals surface area (Å²) < 4.78 is 4.86. The molecular formula is C16H24N2O4. The number of amides is 1. The minimum absolute atomic E-state index is 0.133. The quantitative estimate of drug-likeness (QED) is 0.635. The number of ether oxygens (including phenoxy) is 1. The van der Waals surface area contributed by atoms with Crippen LogP contribution in [0.25, 0.3) is 0 Å². The lowest BCUT2D eigenvalue weighted by Gasteiger charge is -2.16. The highest BCUT2D eigenvalue weighted by Crippen LogP contribution is 2.22. The topological polar surface area (TPSA) is 87.7 Å². The van der Waals surface area contributed by atoms with E-state index in [1.54, 1.807) is 0 Å². The smallest absolute Gasteiger partial charge is 0.321 e. The molecule has 1 rings (SSSR count). The number of anilines is 1. The van der Waals surface area contributed by atoms with E-state index in [4.69, 9.17) is 9.84 Å². The van der Waals surface area contributed by atoms with Crippen LogP contribution in [0.5, 0.6) is 0 Å². The van der Waals surface area contributed by atoms with Gasteiger partial charge in [-0.25, -0.2) is 0 Å². The Balaban J connectivity index is 2.70. The Kier molecular flexibility index (Phi) is 7.01. The number of benzene rings is 1. The van der Waals surface area contributed by atoms with Crippen molar-refractivity contribution in [2.75, 3.05) is 25.6 Å². The van der Waals surface area contributed by atoms with Crippen molar-refractivity contribution < 1.29 is 19.4 Å². The van der Waals surface area contributed by atoms with Crippen LogP contribution in [-0.2, 0) is 14.3 Å². The zero-order valence-corrected chi connectivity index (χ0v) is 13.5. The summed E-state index contributed by atoms with van der Waals surface area (Å²) in [4.78, 5) is 23.3. The van der Waals surface area contributed by atoms with E-state index in [0.717, 1.165) is 22.4 Å². The number of nitrogens with one attached hydrogen (secondary N) is 2. The van der Waals surface area contributed by atoms with Gasteiger partial charge in [-0.2, -0.15) is 0 Å². The van der Waals surface area contributed by atoms with Crippen molar-refractivity contribution >= 4 is 17.6 Å². The predicted molar refractivity (Wildman–Crippen MR) is 85.2 cm³/mol. The monoisotopic (exact) mass is 308 g/mol. The maximum atomic E-state index is 12.1. The minimum atomic E-state index is -1.05. The van der Waals surface area contributed by atoms with E-state index < -0.39 is 12.0 Å². The van der Waals surface area contributed by atoms with E-state index in [9.17, 15) is 9.59 Å². The minimum Gasteiger partial charge on any atom is -0.480 e. The van der Waals surface area contributed by atoms with Crippen LogP contribution in [0.4, 0.5) is 5.69 Å². The molecule has 1 unspecified atom stereocenters. The molecule has 0 heterocycles. The summed E-state index contributed by atoms with van der Waals surface area (Å²) in [6.07, 6.45) is -0.133. The summed E-state index contributed by atoms with van der Waals surface area (Å²) >= 11 is 0. The van der Waals surface area contributed by atoms with E-state index in [1.807, 2.05) is 32.9 Å². The second-order valence-corrected chi connectivity index (χ2v) is 5.36. The molecule has 1 aromatic carbocycles. The van der Waals surface area contributed by atoms with Gasteiger partial charge >= 0.3 is 5.97 Å². The van der Waals surface area contributed by atoms with E-state index in [-0.39, 0.29) is 12.3 Å². The molecule has 6 heteroatoms. The highest BCUT2D eigenvalue weighted by Gasteiger charge is 2.21. The van der Waals surface area contributed by atoms with Gasteiger partial charge in [0.05, 0.1) is 13.0 Å². The molecular weight excluding hydrogens is 284 g/mol. The fourth-order valence-electron chi connectivity index (χ4n) is 2.34. The maximum Gasteiger partial charge on any atom is 0.321 e. The van der Waals surface area contributed by atoms with Gasteiger partial charge in [0.25, 0.3) is 0 Å². The van der Waals surface area contributed by atoms with Gasteiger partial charge in [0.15, 0.2) is 0 Å². The molecule has 0 aromatic heterocycles. The fourth-order valence-corrected chi connectivity index (χ4v) is 2.34. The molecule has 0 bridgehead atoms. The first kappa shape index (κ1) is 18.1. The third-order valence-corrected chi connectivity index (χ3v) is 3.33. The Hall–Kier alpha value is -1.92. The average Bonchev–Trinajstić information content (AvgIpc) is 2.41. The van der Waals surface area contributed by atoms with Crippen LogP contribution in [0.1, 0.15) is 23.1 Å². The molecule has 1 atom stereocenters. The summed E-state index contributed by atoms with van der Waals surface area (Å²) in [5.41, 5.74) is 3.80. The standard InChI is InChI=1S/C16H24N2O4/c1-10-7-11(2)15(12(3)8-10)18-14(19)9-13(16(20)21)17-5-6-22-4/h7-8,13,17H,5-6,9H2,1-4H3,(H,18,19)(H,20,21). The number of carbonyl (C=O) groups is 2. The van der Waals surface area contributed by atoms with Gasteiger partial charge in [-0.05, 0) is 31.9 Å². The molecule has 3 N–H and O–H groups in total. The van der Waals surface area contributed by atoms with E-state index in [1.165, 1.54) is 7.11 Å². The van der Waals surface area contributed by atoms with Crippen molar-refractivity contribution in [3.05, 3.63) is 28.8 Å². The van der Waals surface area contributed by atoms with Crippen molar-refractivity contribution in [1.29, 1.82) is 0 Å². The number of carboxylic acid groups (broad SMARTS) is 1. The van der Waals surface area contributed by atoms with Crippen molar-refractivity contribution in [1.82, 2.24) is 5.32 Å². The zero-order chi connectivity index (χ0) is 16.7. The summed E-state index contributed by atoms with van der Waals surface area (Å²) in [6, 6.07) is 3.03. The third-order valence-electron chi connectivity index (χ3n) is 3.33. The molecule has 0 aliphatic heterocycles. The first-order valence-corrected chi connectivity index (χ1v) is 7.18. The van der Waals surface area contributed by atoms with Crippen molar-refractivity contribution in [3.63, 3.8) is 0 Å². The molecule has 0 aliphatic rings. The Bertz CT molecular complexity index is 520. The van der Waals surface area contributed by atoms with Crippen LogP contribution < -0.4 is 10.6 Å². The molecule has 0 radical (unpaired) electrons. The second kappa shape index (κ2) is 8.51. The van der Waals surface area contributed by atoms with Gasteiger partial charge in [-0.1, -0.05) is 17.7 Å².